The van der Waals surface area contributed by atoms with Gasteiger partial charge in [0.2, 0.25) is 10.0 Å². The Hall–Kier alpha value is -1.47. The molecule has 5 nitrogen and oxygen atoms in total. The smallest absolute Gasteiger partial charge is 0.211 e. The van der Waals surface area contributed by atoms with E-state index in [0.717, 1.165) is 30.8 Å². The molecule has 0 unspecified atom stereocenters. The van der Waals surface area contributed by atoms with Crippen molar-refractivity contribution in [3.63, 3.8) is 0 Å². The highest BCUT2D eigenvalue weighted by molar-refractivity contribution is 7.88. The molecule has 2 saturated heterocycles. The van der Waals surface area contributed by atoms with Crippen LogP contribution in [0.25, 0.3) is 0 Å². The van der Waals surface area contributed by atoms with Crippen molar-refractivity contribution in [1.29, 1.82) is 0 Å². The van der Waals surface area contributed by atoms with Crippen LogP contribution in [0.2, 0.25) is 5.02 Å². The molecule has 4 rings (SSSR count). The lowest BCUT2D eigenvalue weighted by atomic mass is 9.90. The van der Waals surface area contributed by atoms with Crippen LogP contribution in [-0.2, 0) is 16.6 Å². The third-order valence-corrected chi connectivity index (χ3v) is 7.08. The minimum atomic E-state index is -3.24. The number of rotatable bonds is 4. The number of pyridine rings is 1. The molecule has 2 aliphatic heterocycles. The van der Waals surface area contributed by atoms with E-state index in [-0.39, 0.29) is 6.04 Å². The van der Waals surface area contributed by atoms with Crippen LogP contribution >= 0.6 is 11.6 Å². The van der Waals surface area contributed by atoms with E-state index in [1.165, 1.54) is 6.26 Å². The van der Waals surface area contributed by atoms with Crippen LogP contribution in [0.15, 0.2) is 48.8 Å². The van der Waals surface area contributed by atoms with E-state index in [0.29, 0.717) is 23.4 Å². The fourth-order valence-electron chi connectivity index (χ4n) is 4.41. The Morgan fingerprint density at radius 1 is 1.15 bits per heavy atom. The summed E-state index contributed by atoms with van der Waals surface area (Å²) in [6, 6.07) is 11.9. The summed E-state index contributed by atoms with van der Waals surface area (Å²) >= 11 is 6.25. The fraction of sp³-hybridized carbons (Fsp3) is 0.421. The van der Waals surface area contributed by atoms with E-state index in [4.69, 9.17) is 11.6 Å². The number of aromatic nitrogens is 1. The monoisotopic (exact) mass is 391 g/mol. The molecule has 0 bridgehead atoms. The minimum Gasteiger partial charge on any atom is -0.298 e. The molecule has 2 aliphatic rings. The molecule has 138 valence electrons. The van der Waals surface area contributed by atoms with Gasteiger partial charge in [0.05, 0.1) is 17.3 Å². The van der Waals surface area contributed by atoms with Crippen LogP contribution in [-0.4, -0.2) is 48.5 Å². The highest BCUT2D eigenvalue weighted by atomic mass is 35.5. The third kappa shape index (κ3) is 3.39. The third-order valence-electron chi connectivity index (χ3n) is 5.51. The molecule has 3 atom stereocenters. The summed E-state index contributed by atoms with van der Waals surface area (Å²) in [5.41, 5.74) is 2.15. The van der Waals surface area contributed by atoms with Crippen molar-refractivity contribution in [2.75, 3.05) is 25.9 Å². The maximum absolute atomic E-state index is 12.4. The van der Waals surface area contributed by atoms with E-state index in [1.54, 1.807) is 16.7 Å². The van der Waals surface area contributed by atoms with Gasteiger partial charge in [-0.15, -0.1) is 0 Å². The molecule has 3 heterocycles. The first kappa shape index (κ1) is 17.9. The van der Waals surface area contributed by atoms with Gasteiger partial charge in [0, 0.05) is 38.6 Å². The number of benzene rings is 1. The van der Waals surface area contributed by atoms with Gasteiger partial charge in [-0.1, -0.05) is 41.9 Å². The Morgan fingerprint density at radius 3 is 2.62 bits per heavy atom. The molecule has 0 radical (unpaired) electrons. The number of halogens is 1. The quantitative estimate of drug-likeness (QED) is 0.804. The summed E-state index contributed by atoms with van der Waals surface area (Å²) < 4.78 is 26.4. The van der Waals surface area contributed by atoms with E-state index < -0.39 is 10.0 Å². The molecule has 1 aromatic heterocycles. The molecule has 0 aliphatic carbocycles. The Labute approximate surface area is 159 Å². The Balaban J connectivity index is 1.58. The van der Waals surface area contributed by atoms with Crippen molar-refractivity contribution in [1.82, 2.24) is 14.2 Å². The fourth-order valence-corrected chi connectivity index (χ4v) is 5.74. The molecule has 2 fully saturated rings. The zero-order valence-electron chi connectivity index (χ0n) is 14.6. The van der Waals surface area contributed by atoms with Crippen LogP contribution in [0.1, 0.15) is 17.2 Å². The average molecular weight is 392 g/mol. The summed E-state index contributed by atoms with van der Waals surface area (Å²) in [6.07, 6.45) is 4.75. The summed E-state index contributed by atoms with van der Waals surface area (Å²) in [6.45, 7) is 3.12. The molecule has 0 amide bonds. The highest BCUT2D eigenvalue weighted by Gasteiger charge is 2.50. The summed E-state index contributed by atoms with van der Waals surface area (Å²) in [5, 5.41) is 0.682. The molecule has 2 aromatic rings. The predicted octanol–water partition coefficient (Wildman–Crippen LogP) is 2.80. The number of hydrogen-bond donors (Lipinski definition) is 0. The van der Waals surface area contributed by atoms with E-state index in [2.05, 4.69) is 9.88 Å². The van der Waals surface area contributed by atoms with Gasteiger partial charge < -0.3 is 0 Å². The van der Waals surface area contributed by atoms with Crippen LogP contribution < -0.4 is 0 Å². The Morgan fingerprint density at radius 2 is 1.92 bits per heavy atom. The van der Waals surface area contributed by atoms with Crippen molar-refractivity contribution in [2.24, 2.45) is 11.8 Å². The molecular formula is C19H22ClN3O2S. The van der Waals surface area contributed by atoms with Crippen LogP contribution in [0.3, 0.4) is 0 Å². The first-order valence-corrected chi connectivity index (χ1v) is 11.0. The van der Waals surface area contributed by atoms with Gasteiger partial charge in [-0.2, -0.15) is 4.31 Å². The lowest BCUT2D eigenvalue weighted by molar-refractivity contribution is 0.261. The second-order valence-electron chi connectivity index (χ2n) is 7.27. The second-order valence-corrected chi connectivity index (χ2v) is 9.62. The van der Waals surface area contributed by atoms with Crippen molar-refractivity contribution in [3.8, 4) is 0 Å². The lowest BCUT2D eigenvalue weighted by Crippen LogP contribution is -2.35. The zero-order valence-corrected chi connectivity index (χ0v) is 16.2. The number of fused-ring (bicyclic) bond motifs is 1. The lowest BCUT2D eigenvalue weighted by Gasteiger charge is -2.28. The van der Waals surface area contributed by atoms with Crippen molar-refractivity contribution < 1.29 is 8.42 Å². The van der Waals surface area contributed by atoms with Crippen molar-refractivity contribution >= 4 is 21.6 Å². The maximum atomic E-state index is 12.4. The normalized spacial score (nSPS) is 26.9. The zero-order chi connectivity index (χ0) is 18.3. The summed E-state index contributed by atoms with van der Waals surface area (Å²) in [4.78, 5) is 6.42. The van der Waals surface area contributed by atoms with Crippen LogP contribution in [0.5, 0.6) is 0 Å². The number of likely N-dealkylation sites (tertiary alicyclic amines) is 1. The van der Waals surface area contributed by atoms with Crippen LogP contribution in [0.4, 0.5) is 0 Å². The van der Waals surface area contributed by atoms with Gasteiger partial charge in [0.15, 0.2) is 0 Å². The number of sulfonamides is 1. The number of nitrogens with zero attached hydrogens (tertiary/aromatic N) is 3. The molecule has 7 heteroatoms. The summed E-state index contributed by atoms with van der Waals surface area (Å²) in [5.74, 6) is 0.642. The molecule has 0 N–H and O–H groups in total. The number of hydrogen-bond acceptors (Lipinski definition) is 4. The minimum absolute atomic E-state index is 0.0888. The molecule has 0 spiro atoms. The first-order chi connectivity index (χ1) is 12.4. The summed E-state index contributed by atoms with van der Waals surface area (Å²) in [7, 11) is -3.24. The SMILES string of the molecule is CS(=O)(=O)N1C[C@H]2CN(Cc3ccncc3Cl)C[C@H]2[C@@H]1c1ccccc1. The van der Waals surface area contributed by atoms with Gasteiger partial charge in [0.1, 0.15) is 0 Å². The van der Waals surface area contributed by atoms with Gasteiger partial charge >= 0.3 is 0 Å². The Kier molecular flexibility index (Phi) is 4.77. The largest absolute Gasteiger partial charge is 0.298 e. The van der Waals surface area contributed by atoms with Crippen molar-refractivity contribution in [2.45, 2.75) is 12.6 Å². The maximum Gasteiger partial charge on any atom is 0.211 e. The van der Waals surface area contributed by atoms with Gasteiger partial charge in [-0.05, 0) is 29.0 Å². The first-order valence-electron chi connectivity index (χ1n) is 8.76. The molecule has 0 saturated carbocycles. The molecular weight excluding hydrogens is 370 g/mol. The second kappa shape index (κ2) is 6.93. The van der Waals surface area contributed by atoms with Gasteiger partial charge in [-0.25, -0.2) is 8.42 Å². The molecule has 26 heavy (non-hydrogen) atoms. The van der Waals surface area contributed by atoms with E-state index >= 15 is 0 Å². The van der Waals surface area contributed by atoms with E-state index in [9.17, 15) is 8.42 Å². The highest BCUT2D eigenvalue weighted by Crippen LogP contribution is 2.46. The van der Waals surface area contributed by atoms with Gasteiger partial charge in [-0.3, -0.25) is 9.88 Å². The molecule has 1 aromatic carbocycles. The Bertz CT molecular complexity index is 891. The van der Waals surface area contributed by atoms with Gasteiger partial charge in [0.25, 0.3) is 0 Å². The topological polar surface area (TPSA) is 53.5 Å². The van der Waals surface area contributed by atoms with E-state index in [1.807, 2.05) is 36.4 Å². The predicted molar refractivity (Wildman–Crippen MR) is 102 cm³/mol. The van der Waals surface area contributed by atoms with Crippen LogP contribution in [0, 0.1) is 11.8 Å². The average Bonchev–Trinajstić information content (AvgIpc) is 3.14. The standard InChI is InChI=1S/C19H22ClN3O2S/c1-26(24,25)23-12-16-11-22(10-15-7-8-21-9-18(15)20)13-17(16)19(23)14-5-3-2-4-6-14/h2-9,16-17,19H,10-13H2,1H3/t16-,17-,19+/m1/s1. The van der Waals surface area contributed by atoms with Crippen molar-refractivity contribution in [3.05, 3.63) is 64.9 Å².